The van der Waals surface area contributed by atoms with Crippen LogP contribution in [0, 0.1) is 0 Å². The van der Waals surface area contributed by atoms with Gasteiger partial charge in [0.05, 0.1) is 10.9 Å². The lowest BCUT2D eigenvalue weighted by Gasteiger charge is -2.36. The number of hydrogen-bond acceptors (Lipinski definition) is 5. The van der Waals surface area contributed by atoms with Crippen LogP contribution in [0.3, 0.4) is 0 Å². The minimum absolute atomic E-state index is 0.00856. The van der Waals surface area contributed by atoms with Crippen LogP contribution in [0.25, 0.3) is 0 Å². The summed E-state index contributed by atoms with van der Waals surface area (Å²) in [6.45, 7) is 4.22. The lowest BCUT2D eigenvalue weighted by molar-refractivity contribution is -0.137. The second-order valence-electron chi connectivity index (χ2n) is 7.50. The second kappa shape index (κ2) is 10.5. The van der Waals surface area contributed by atoms with Crippen molar-refractivity contribution in [2.45, 2.75) is 17.9 Å². The molecule has 1 saturated heterocycles. The van der Waals surface area contributed by atoms with E-state index in [0.29, 0.717) is 44.4 Å². The summed E-state index contributed by atoms with van der Waals surface area (Å²) in [4.78, 5) is 16.8. The molecule has 0 unspecified atom stereocenters. The molecular formula is C22H28ClN3O4S. The third kappa shape index (κ3) is 5.98. The first-order valence-electron chi connectivity index (χ1n) is 10.2. The zero-order chi connectivity index (χ0) is 22.4. The molecule has 0 saturated carbocycles. The summed E-state index contributed by atoms with van der Waals surface area (Å²) in [6.07, 6.45) is 0. The molecule has 0 aliphatic carbocycles. The molecule has 9 heteroatoms. The van der Waals surface area contributed by atoms with Gasteiger partial charge in [0.15, 0.2) is 0 Å². The van der Waals surface area contributed by atoms with Crippen molar-refractivity contribution in [2.75, 3.05) is 46.4 Å². The number of benzene rings is 2. The number of hydrogen-bond donors (Lipinski definition) is 0. The van der Waals surface area contributed by atoms with E-state index in [2.05, 4.69) is 0 Å². The van der Waals surface area contributed by atoms with Crippen LogP contribution < -0.4 is 4.74 Å². The number of sulfonamides is 1. The molecule has 1 heterocycles. The van der Waals surface area contributed by atoms with Gasteiger partial charge in [-0.15, -0.1) is 0 Å². The average Bonchev–Trinajstić information content (AvgIpc) is 2.80. The molecule has 1 fully saturated rings. The molecule has 2 aromatic carbocycles. The third-order valence-electron chi connectivity index (χ3n) is 5.48. The van der Waals surface area contributed by atoms with Gasteiger partial charge in [-0.2, -0.15) is 4.31 Å². The SMILES string of the molecule is C[C@@H](C(=O)N1CCN(S(=O)(=O)c2ccccc2)CC1)N(C)CCOc1ccc(Cl)cc1. The maximum atomic E-state index is 12.9. The topological polar surface area (TPSA) is 70.2 Å². The van der Waals surface area contributed by atoms with Crippen LogP contribution in [0.15, 0.2) is 59.5 Å². The van der Waals surface area contributed by atoms with E-state index < -0.39 is 10.0 Å². The highest BCUT2D eigenvalue weighted by Crippen LogP contribution is 2.18. The Bertz CT molecular complexity index is 962. The molecule has 1 atom stereocenters. The van der Waals surface area contributed by atoms with E-state index in [1.165, 1.54) is 4.31 Å². The van der Waals surface area contributed by atoms with Crippen molar-refractivity contribution in [2.24, 2.45) is 0 Å². The number of carbonyl (C=O) groups excluding carboxylic acids is 1. The third-order valence-corrected chi connectivity index (χ3v) is 7.64. The predicted molar refractivity (Wildman–Crippen MR) is 121 cm³/mol. The Kier molecular flexibility index (Phi) is 7.94. The average molecular weight is 466 g/mol. The minimum atomic E-state index is -3.53. The Balaban J connectivity index is 1.47. The van der Waals surface area contributed by atoms with Gasteiger partial charge in [-0.3, -0.25) is 9.69 Å². The summed E-state index contributed by atoms with van der Waals surface area (Å²) in [6, 6.07) is 15.2. The van der Waals surface area contributed by atoms with Crippen molar-refractivity contribution in [3.8, 4) is 5.75 Å². The Labute approximate surface area is 189 Å². The summed E-state index contributed by atoms with van der Waals surface area (Å²) >= 11 is 5.87. The first-order valence-corrected chi connectivity index (χ1v) is 12.0. The zero-order valence-electron chi connectivity index (χ0n) is 17.8. The molecule has 1 amide bonds. The van der Waals surface area contributed by atoms with E-state index in [1.807, 2.05) is 18.9 Å². The molecule has 0 bridgehead atoms. The first kappa shape index (κ1) is 23.5. The quantitative estimate of drug-likeness (QED) is 0.599. The largest absolute Gasteiger partial charge is 0.492 e. The number of ether oxygens (including phenoxy) is 1. The predicted octanol–water partition coefficient (Wildman–Crippen LogP) is 2.57. The molecule has 3 rings (SSSR count). The van der Waals surface area contributed by atoms with Crippen molar-refractivity contribution < 1.29 is 17.9 Å². The highest BCUT2D eigenvalue weighted by molar-refractivity contribution is 7.89. The van der Waals surface area contributed by atoms with E-state index in [1.54, 1.807) is 59.5 Å². The Morgan fingerprint density at radius 2 is 1.68 bits per heavy atom. The first-order chi connectivity index (χ1) is 14.8. The van der Waals surface area contributed by atoms with Gasteiger partial charge < -0.3 is 9.64 Å². The van der Waals surface area contributed by atoms with Gasteiger partial charge in [0, 0.05) is 37.7 Å². The van der Waals surface area contributed by atoms with Crippen LogP contribution in [0.4, 0.5) is 0 Å². The van der Waals surface area contributed by atoms with Gasteiger partial charge in [0.1, 0.15) is 12.4 Å². The van der Waals surface area contributed by atoms with Crippen molar-refractivity contribution in [3.05, 3.63) is 59.6 Å². The van der Waals surface area contributed by atoms with Crippen molar-refractivity contribution in [3.63, 3.8) is 0 Å². The number of halogens is 1. The van der Waals surface area contributed by atoms with E-state index >= 15 is 0 Å². The number of piperazine rings is 1. The number of rotatable bonds is 8. The molecule has 168 valence electrons. The van der Waals surface area contributed by atoms with Crippen molar-refractivity contribution in [1.82, 2.24) is 14.1 Å². The fourth-order valence-electron chi connectivity index (χ4n) is 3.38. The van der Waals surface area contributed by atoms with Crippen LogP contribution in [-0.2, 0) is 14.8 Å². The number of carbonyl (C=O) groups is 1. The molecular weight excluding hydrogens is 438 g/mol. The summed E-state index contributed by atoms with van der Waals surface area (Å²) in [7, 11) is -1.65. The van der Waals surface area contributed by atoms with Crippen LogP contribution in [0.2, 0.25) is 5.02 Å². The molecule has 7 nitrogen and oxygen atoms in total. The monoisotopic (exact) mass is 465 g/mol. The van der Waals surface area contributed by atoms with Gasteiger partial charge in [-0.05, 0) is 50.4 Å². The van der Waals surface area contributed by atoms with Crippen LogP contribution in [0.5, 0.6) is 5.75 Å². The van der Waals surface area contributed by atoms with Gasteiger partial charge in [0.25, 0.3) is 0 Å². The van der Waals surface area contributed by atoms with E-state index in [-0.39, 0.29) is 16.8 Å². The summed E-state index contributed by atoms with van der Waals surface area (Å²) < 4.78 is 32.7. The lowest BCUT2D eigenvalue weighted by Crippen LogP contribution is -2.54. The molecule has 1 aliphatic heterocycles. The summed E-state index contributed by atoms with van der Waals surface area (Å²) in [5, 5.41) is 0.653. The number of likely N-dealkylation sites (N-methyl/N-ethyl adjacent to an activating group) is 1. The van der Waals surface area contributed by atoms with E-state index in [0.717, 1.165) is 5.75 Å². The normalized spacial score (nSPS) is 16.3. The highest BCUT2D eigenvalue weighted by atomic mass is 35.5. The molecule has 0 radical (unpaired) electrons. The molecule has 2 aromatic rings. The molecule has 31 heavy (non-hydrogen) atoms. The van der Waals surface area contributed by atoms with Gasteiger partial charge >= 0.3 is 0 Å². The Morgan fingerprint density at radius 1 is 1.06 bits per heavy atom. The smallest absolute Gasteiger partial charge is 0.243 e. The zero-order valence-corrected chi connectivity index (χ0v) is 19.3. The molecule has 1 aliphatic rings. The highest BCUT2D eigenvalue weighted by Gasteiger charge is 2.32. The van der Waals surface area contributed by atoms with Gasteiger partial charge in [0.2, 0.25) is 15.9 Å². The van der Waals surface area contributed by atoms with Crippen LogP contribution in [0.1, 0.15) is 6.92 Å². The van der Waals surface area contributed by atoms with Crippen molar-refractivity contribution >= 4 is 27.5 Å². The maximum Gasteiger partial charge on any atom is 0.243 e. The van der Waals surface area contributed by atoms with Gasteiger partial charge in [-0.25, -0.2) is 8.42 Å². The fourth-order valence-corrected chi connectivity index (χ4v) is 4.94. The number of amides is 1. The van der Waals surface area contributed by atoms with Gasteiger partial charge in [-0.1, -0.05) is 29.8 Å². The summed E-state index contributed by atoms with van der Waals surface area (Å²) in [5.74, 6) is 0.721. The van der Waals surface area contributed by atoms with E-state index in [4.69, 9.17) is 16.3 Å². The molecule has 0 aromatic heterocycles. The molecule has 0 N–H and O–H groups in total. The molecule has 0 spiro atoms. The van der Waals surface area contributed by atoms with Crippen molar-refractivity contribution in [1.29, 1.82) is 0 Å². The summed E-state index contributed by atoms with van der Waals surface area (Å²) in [5.41, 5.74) is 0. The fraction of sp³-hybridized carbons (Fsp3) is 0.409. The van der Waals surface area contributed by atoms with Crippen LogP contribution >= 0.6 is 11.6 Å². The second-order valence-corrected chi connectivity index (χ2v) is 9.88. The van der Waals surface area contributed by atoms with E-state index in [9.17, 15) is 13.2 Å². The Morgan fingerprint density at radius 3 is 2.29 bits per heavy atom. The Hall–Kier alpha value is -2.13. The minimum Gasteiger partial charge on any atom is -0.492 e. The number of nitrogens with zero attached hydrogens (tertiary/aromatic N) is 3. The standard InChI is InChI=1S/C22H28ClN3O4S/c1-18(24(2)16-17-30-20-10-8-19(23)9-11-20)22(27)25-12-14-26(15-13-25)31(28,29)21-6-4-3-5-7-21/h3-11,18H,12-17H2,1-2H3/t18-/m0/s1. The van der Waals surface area contributed by atoms with Crippen LogP contribution in [-0.4, -0.2) is 80.9 Å². The lowest BCUT2D eigenvalue weighted by atomic mass is 10.2. The maximum absolute atomic E-state index is 12.9.